The van der Waals surface area contributed by atoms with Gasteiger partial charge in [-0.15, -0.1) is 0 Å². The van der Waals surface area contributed by atoms with E-state index in [1.54, 1.807) is 18.2 Å². The highest BCUT2D eigenvalue weighted by Crippen LogP contribution is 2.29. The minimum atomic E-state index is -0.507. The van der Waals surface area contributed by atoms with Crippen LogP contribution in [0.4, 0.5) is 5.82 Å². The summed E-state index contributed by atoms with van der Waals surface area (Å²) in [4.78, 5) is 27.4. The van der Waals surface area contributed by atoms with Gasteiger partial charge in [0, 0.05) is 44.4 Å². The van der Waals surface area contributed by atoms with Crippen LogP contribution in [0.25, 0.3) is 10.9 Å². The van der Waals surface area contributed by atoms with Gasteiger partial charge in [0.15, 0.2) is 11.4 Å². The number of carbonyl (C=O) groups is 1. The predicted octanol–water partition coefficient (Wildman–Crippen LogP) is 2.15. The molecule has 2 N–H and O–H groups in total. The van der Waals surface area contributed by atoms with Crippen LogP contribution < -0.4 is 10.2 Å². The van der Waals surface area contributed by atoms with Crippen LogP contribution in [0.3, 0.4) is 0 Å². The number of fused-ring (bicyclic) bond motifs is 1. The number of anilines is 1. The van der Waals surface area contributed by atoms with Crippen LogP contribution in [0, 0.1) is 11.3 Å². The Morgan fingerprint density at radius 3 is 2.77 bits per heavy atom. The molecule has 1 aliphatic rings. The van der Waals surface area contributed by atoms with Gasteiger partial charge in [0.05, 0.1) is 11.7 Å². The van der Waals surface area contributed by atoms with E-state index in [9.17, 15) is 9.90 Å². The normalized spacial score (nSPS) is 14.2. The third kappa shape index (κ3) is 4.39. The number of ether oxygens (including phenoxy) is 1. The van der Waals surface area contributed by atoms with Gasteiger partial charge in [-0.05, 0) is 36.6 Å². The Hall–Kier alpha value is -3.77. The van der Waals surface area contributed by atoms with E-state index in [1.165, 1.54) is 12.4 Å². The Balaban J connectivity index is 1.50. The second-order valence-corrected chi connectivity index (χ2v) is 7.36. The molecule has 0 spiro atoms. The molecule has 9 nitrogen and oxygen atoms in total. The second-order valence-electron chi connectivity index (χ2n) is 7.36. The number of nitriles is 1. The molecule has 3 aromatic heterocycles. The average Bonchev–Trinajstić information content (AvgIpc) is 2.83. The highest BCUT2D eigenvalue weighted by molar-refractivity contribution is 6.00. The first-order valence-electron chi connectivity index (χ1n) is 9.99. The van der Waals surface area contributed by atoms with E-state index in [0.717, 1.165) is 37.4 Å². The first-order chi connectivity index (χ1) is 15.1. The minimum Gasteiger partial charge on any atom is -0.505 e. The molecular formula is C22H22N6O3. The highest BCUT2D eigenvalue weighted by atomic mass is 16.5. The summed E-state index contributed by atoms with van der Waals surface area (Å²) in [6.07, 6.45) is 4.89. The first-order valence-corrected chi connectivity index (χ1v) is 9.99. The number of aromatic hydroxyl groups is 1. The molecule has 0 saturated carbocycles. The summed E-state index contributed by atoms with van der Waals surface area (Å²) in [6, 6.07) is 9.17. The molecule has 1 aliphatic heterocycles. The molecule has 1 fully saturated rings. The Kier molecular flexibility index (Phi) is 5.91. The zero-order chi connectivity index (χ0) is 21.8. The van der Waals surface area contributed by atoms with E-state index >= 15 is 0 Å². The van der Waals surface area contributed by atoms with Crippen molar-refractivity contribution in [3.05, 3.63) is 53.6 Å². The molecule has 1 amide bonds. The van der Waals surface area contributed by atoms with Gasteiger partial charge in [-0.3, -0.25) is 4.79 Å². The molecule has 0 unspecified atom stereocenters. The summed E-state index contributed by atoms with van der Waals surface area (Å²) in [7, 11) is 2.00. The number of amides is 1. The summed E-state index contributed by atoms with van der Waals surface area (Å²) in [5.74, 6) is 0.0685. The smallest absolute Gasteiger partial charge is 0.274 e. The van der Waals surface area contributed by atoms with E-state index < -0.39 is 5.91 Å². The molecule has 3 aromatic rings. The van der Waals surface area contributed by atoms with Crippen molar-refractivity contribution in [1.82, 2.24) is 20.3 Å². The SMILES string of the molecule is CN(c1ccc2c(O)c(C(=O)NCc3ccc(C#N)nc3)ncc2n1)C1CCOCC1. The van der Waals surface area contributed by atoms with Gasteiger partial charge in [0.1, 0.15) is 17.6 Å². The fourth-order valence-corrected chi connectivity index (χ4v) is 3.56. The molecule has 4 rings (SSSR count). The van der Waals surface area contributed by atoms with Crippen LogP contribution in [0.5, 0.6) is 5.75 Å². The molecule has 0 aromatic carbocycles. The standard InChI is InChI=1S/C22H22N6O3/c1-28(16-6-8-31-9-7-16)19-5-4-17-18(27-19)13-25-20(21(17)29)22(30)26-12-14-2-3-15(10-23)24-11-14/h2-5,11,13,16,29H,6-9,12H2,1H3,(H,26,30). The molecule has 9 heteroatoms. The molecule has 158 valence electrons. The van der Waals surface area contributed by atoms with Gasteiger partial charge < -0.3 is 20.1 Å². The lowest BCUT2D eigenvalue weighted by Gasteiger charge is -2.32. The van der Waals surface area contributed by atoms with Crippen molar-refractivity contribution in [2.24, 2.45) is 0 Å². The van der Waals surface area contributed by atoms with E-state index in [-0.39, 0.29) is 18.0 Å². The van der Waals surface area contributed by atoms with Gasteiger partial charge in [-0.2, -0.15) is 5.26 Å². The van der Waals surface area contributed by atoms with Crippen LogP contribution in [-0.2, 0) is 11.3 Å². The summed E-state index contributed by atoms with van der Waals surface area (Å²) in [5, 5.41) is 22.6. The number of hydrogen-bond acceptors (Lipinski definition) is 8. The molecule has 0 bridgehead atoms. The minimum absolute atomic E-state index is 0.0681. The largest absolute Gasteiger partial charge is 0.505 e. The number of rotatable bonds is 5. The van der Waals surface area contributed by atoms with Crippen molar-refractivity contribution >= 4 is 22.6 Å². The lowest BCUT2D eigenvalue weighted by atomic mass is 10.1. The van der Waals surface area contributed by atoms with Gasteiger partial charge in [0.2, 0.25) is 0 Å². The Labute approximate surface area is 179 Å². The molecule has 4 heterocycles. The fourth-order valence-electron chi connectivity index (χ4n) is 3.56. The molecule has 0 aliphatic carbocycles. The lowest BCUT2D eigenvalue weighted by Crippen LogP contribution is -2.37. The second kappa shape index (κ2) is 8.93. The summed E-state index contributed by atoms with van der Waals surface area (Å²) < 4.78 is 5.42. The van der Waals surface area contributed by atoms with Crippen molar-refractivity contribution < 1.29 is 14.6 Å². The number of aromatic nitrogens is 3. The van der Waals surface area contributed by atoms with Crippen molar-refractivity contribution in [1.29, 1.82) is 5.26 Å². The average molecular weight is 418 g/mol. The van der Waals surface area contributed by atoms with Crippen LogP contribution in [0.15, 0.2) is 36.7 Å². The number of nitrogens with zero attached hydrogens (tertiary/aromatic N) is 5. The zero-order valence-corrected chi connectivity index (χ0v) is 17.1. The topological polar surface area (TPSA) is 124 Å². The lowest BCUT2D eigenvalue weighted by molar-refractivity contribution is 0.0853. The van der Waals surface area contributed by atoms with Crippen molar-refractivity contribution in [2.45, 2.75) is 25.4 Å². The predicted molar refractivity (Wildman–Crippen MR) is 114 cm³/mol. The maximum absolute atomic E-state index is 12.5. The van der Waals surface area contributed by atoms with E-state index in [0.29, 0.717) is 22.6 Å². The first kappa shape index (κ1) is 20.5. The summed E-state index contributed by atoms with van der Waals surface area (Å²) >= 11 is 0. The van der Waals surface area contributed by atoms with Gasteiger partial charge in [-0.1, -0.05) is 6.07 Å². The van der Waals surface area contributed by atoms with E-state index in [2.05, 4.69) is 25.2 Å². The summed E-state index contributed by atoms with van der Waals surface area (Å²) in [6.45, 7) is 1.67. The molecule has 0 radical (unpaired) electrons. The van der Waals surface area contributed by atoms with Crippen LogP contribution in [0.1, 0.15) is 34.6 Å². The monoisotopic (exact) mass is 418 g/mol. The highest BCUT2D eigenvalue weighted by Gasteiger charge is 2.21. The number of carbonyl (C=O) groups excluding carboxylic acids is 1. The summed E-state index contributed by atoms with van der Waals surface area (Å²) in [5.41, 5.74) is 1.48. The maximum Gasteiger partial charge on any atom is 0.274 e. The maximum atomic E-state index is 12.5. The quantitative estimate of drug-likeness (QED) is 0.646. The van der Waals surface area contributed by atoms with Crippen molar-refractivity contribution in [3.63, 3.8) is 0 Å². The molecule has 31 heavy (non-hydrogen) atoms. The van der Waals surface area contributed by atoms with Crippen LogP contribution in [-0.4, -0.2) is 52.3 Å². The van der Waals surface area contributed by atoms with Gasteiger partial charge in [-0.25, -0.2) is 15.0 Å². The van der Waals surface area contributed by atoms with E-state index in [4.69, 9.17) is 10.00 Å². The van der Waals surface area contributed by atoms with Crippen molar-refractivity contribution in [2.75, 3.05) is 25.2 Å². The molecule has 1 saturated heterocycles. The van der Waals surface area contributed by atoms with Gasteiger partial charge in [0.25, 0.3) is 5.91 Å². The van der Waals surface area contributed by atoms with Crippen molar-refractivity contribution in [3.8, 4) is 11.8 Å². The number of hydrogen-bond donors (Lipinski definition) is 2. The fraction of sp³-hybridized carbons (Fsp3) is 0.318. The molecule has 0 atom stereocenters. The molecular weight excluding hydrogens is 396 g/mol. The Bertz CT molecular complexity index is 1140. The van der Waals surface area contributed by atoms with Gasteiger partial charge >= 0.3 is 0 Å². The van der Waals surface area contributed by atoms with E-state index in [1.807, 2.05) is 19.2 Å². The number of nitrogens with one attached hydrogen (secondary N) is 1. The zero-order valence-electron chi connectivity index (χ0n) is 17.1. The third-order valence-electron chi connectivity index (χ3n) is 5.41. The third-order valence-corrected chi connectivity index (χ3v) is 5.41. The van der Waals surface area contributed by atoms with Crippen LogP contribution in [0.2, 0.25) is 0 Å². The number of pyridine rings is 3. The van der Waals surface area contributed by atoms with Crippen LogP contribution >= 0.6 is 0 Å². The Morgan fingerprint density at radius 1 is 1.26 bits per heavy atom. The Morgan fingerprint density at radius 2 is 2.06 bits per heavy atom.